The van der Waals surface area contributed by atoms with Crippen LogP contribution in [0, 0.1) is 0 Å². The van der Waals surface area contributed by atoms with Crippen LogP contribution in [-0.2, 0) is 10.0 Å². The van der Waals surface area contributed by atoms with Gasteiger partial charge >= 0.3 is 0 Å². The second-order valence-electron chi connectivity index (χ2n) is 6.25. The number of halogens is 1. The zero-order chi connectivity index (χ0) is 23.1. The van der Waals surface area contributed by atoms with Gasteiger partial charge in [-0.15, -0.1) is 11.3 Å². The van der Waals surface area contributed by atoms with E-state index in [1.807, 2.05) is 6.92 Å². The number of benzene rings is 2. The standard InChI is InChI=1S/C21H20ClN3O5S2/c1-3-30-20-16(22)11-14(12-18(20)29-2)13-23-24-21(26)15-7-4-5-8-17(15)25-32(27,28)19-9-6-10-31-19/h4-13,25H,3H2,1-2H3,(H,24,26)/b23-13+. The fraction of sp³-hybridized carbons (Fsp3) is 0.143. The van der Waals surface area contributed by atoms with Gasteiger partial charge in [0.2, 0.25) is 0 Å². The van der Waals surface area contributed by atoms with E-state index >= 15 is 0 Å². The van der Waals surface area contributed by atoms with Gasteiger partial charge in [0.25, 0.3) is 15.9 Å². The van der Waals surface area contributed by atoms with Crippen molar-refractivity contribution in [3.63, 3.8) is 0 Å². The number of amides is 1. The van der Waals surface area contributed by atoms with Gasteiger partial charge in [-0.05, 0) is 48.2 Å². The summed E-state index contributed by atoms with van der Waals surface area (Å²) in [7, 11) is -2.31. The van der Waals surface area contributed by atoms with Gasteiger partial charge in [0.1, 0.15) is 4.21 Å². The molecule has 3 rings (SSSR count). The highest BCUT2D eigenvalue weighted by Crippen LogP contribution is 2.36. The number of sulfonamides is 1. The number of thiophene rings is 1. The van der Waals surface area contributed by atoms with Crippen molar-refractivity contribution in [3.05, 3.63) is 70.1 Å². The number of hydrogen-bond donors (Lipinski definition) is 2. The van der Waals surface area contributed by atoms with Crippen molar-refractivity contribution in [2.24, 2.45) is 5.10 Å². The lowest BCUT2D eigenvalue weighted by atomic mass is 10.2. The molecule has 0 bridgehead atoms. The third-order valence-corrected chi connectivity index (χ3v) is 7.14. The lowest BCUT2D eigenvalue weighted by Crippen LogP contribution is -2.21. The van der Waals surface area contributed by atoms with E-state index < -0.39 is 15.9 Å². The maximum Gasteiger partial charge on any atom is 0.273 e. The van der Waals surface area contributed by atoms with Gasteiger partial charge in [0.05, 0.1) is 36.2 Å². The second-order valence-corrected chi connectivity index (χ2v) is 9.51. The molecule has 0 aliphatic carbocycles. The summed E-state index contributed by atoms with van der Waals surface area (Å²) in [6, 6.07) is 12.6. The minimum atomic E-state index is -3.80. The van der Waals surface area contributed by atoms with Crippen molar-refractivity contribution in [2.45, 2.75) is 11.1 Å². The SMILES string of the molecule is CCOc1c(Cl)cc(/C=N/NC(=O)c2ccccc2NS(=O)(=O)c2cccs2)cc1OC. The van der Waals surface area contributed by atoms with E-state index in [4.69, 9.17) is 21.1 Å². The van der Waals surface area contributed by atoms with E-state index in [0.717, 1.165) is 11.3 Å². The molecule has 1 amide bonds. The molecule has 0 aliphatic heterocycles. The van der Waals surface area contributed by atoms with Crippen LogP contribution >= 0.6 is 22.9 Å². The molecule has 1 aromatic heterocycles. The highest BCUT2D eigenvalue weighted by Gasteiger charge is 2.19. The molecule has 0 fully saturated rings. The minimum absolute atomic E-state index is 0.118. The molecule has 2 N–H and O–H groups in total. The molecule has 32 heavy (non-hydrogen) atoms. The number of rotatable bonds is 9. The van der Waals surface area contributed by atoms with Crippen LogP contribution in [-0.4, -0.2) is 34.3 Å². The van der Waals surface area contributed by atoms with Gasteiger partial charge < -0.3 is 9.47 Å². The Morgan fingerprint density at radius 1 is 1.22 bits per heavy atom. The van der Waals surface area contributed by atoms with Crippen molar-refractivity contribution in [2.75, 3.05) is 18.4 Å². The zero-order valence-electron chi connectivity index (χ0n) is 17.2. The summed E-state index contributed by atoms with van der Waals surface area (Å²) in [6.45, 7) is 2.26. The quantitative estimate of drug-likeness (QED) is 0.340. The number of carbonyl (C=O) groups is 1. The van der Waals surface area contributed by atoms with Crippen molar-refractivity contribution < 1.29 is 22.7 Å². The molecule has 8 nitrogen and oxygen atoms in total. The van der Waals surface area contributed by atoms with Crippen molar-refractivity contribution in [1.29, 1.82) is 0 Å². The van der Waals surface area contributed by atoms with Crippen LogP contribution in [0.4, 0.5) is 5.69 Å². The van der Waals surface area contributed by atoms with E-state index in [1.54, 1.807) is 35.7 Å². The Morgan fingerprint density at radius 2 is 2.00 bits per heavy atom. The average molecular weight is 494 g/mol. The topological polar surface area (TPSA) is 106 Å². The first kappa shape index (κ1) is 23.6. The van der Waals surface area contributed by atoms with Crippen LogP contribution in [0.25, 0.3) is 0 Å². The Morgan fingerprint density at radius 3 is 2.69 bits per heavy atom. The summed E-state index contributed by atoms with van der Waals surface area (Å²) in [6.07, 6.45) is 1.39. The first-order chi connectivity index (χ1) is 15.4. The number of hydrogen-bond acceptors (Lipinski definition) is 7. The molecule has 0 saturated heterocycles. The van der Waals surface area contributed by atoms with Crippen LogP contribution in [0.5, 0.6) is 11.5 Å². The fourth-order valence-electron chi connectivity index (χ4n) is 2.71. The highest BCUT2D eigenvalue weighted by atomic mass is 35.5. The molecule has 0 saturated carbocycles. The van der Waals surface area contributed by atoms with E-state index in [0.29, 0.717) is 28.7 Å². The first-order valence-corrected chi connectivity index (χ1v) is 12.1. The molecule has 11 heteroatoms. The van der Waals surface area contributed by atoms with E-state index in [2.05, 4.69) is 15.2 Å². The molecule has 0 aliphatic rings. The Bertz CT molecular complexity index is 1230. The second kappa shape index (κ2) is 10.5. The summed E-state index contributed by atoms with van der Waals surface area (Å²) in [5.41, 5.74) is 3.22. The van der Waals surface area contributed by atoms with Gasteiger partial charge in [0.15, 0.2) is 11.5 Å². The maximum absolute atomic E-state index is 12.6. The lowest BCUT2D eigenvalue weighted by molar-refractivity contribution is 0.0956. The third kappa shape index (κ3) is 5.58. The minimum Gasteiger partial charge on any atom is -0.493 e. The molecule has 0 radical (unpaired) electrons. The molecule has 3 aromatic rings. The number of methoxy groups -OCH3 is 1. The predicted molar refractivity (Wildman–Crippen MR) is 126 cm³/mol. The smallest absolute Gasteiger partial charge is 0.273 e. The number of nitrogens with zero attached hydrogens (tertiary/aromatic N) is 1. The number of carbonyl (C=O) groups excluding carboxylic acids is 1. The highest BCUT2D eigenvalue weighted by molar-refractivity contribution is 7.94. The Hall–Kier alpha value is -3.08. The summed E-state index contributed by atoms with van der Waals surface area (Å²) < 4.78 is 38.4. The van der Waals surface area contributed by atoms with Gasteiger partial charge in [-0.3, -0.25) is 9.52 Å². The van der Waals surface area contributed by atoms with Crippen LogP contribution in [0.2, 0.25) is 5.02 Å². The first-order valence-electron chi connectivity index (χ1n) is 9.34. The third-order valence-electron chi connectivity index (χ3n) is 4.10. The average Bonchev–Trinajstić information content (AvgIpc) is 3.31. The number of anilines is 1. The Kier molecular flexibility index (Phi) is 7.73. The van der Waals surface area contributed by atoms with Gasteiger partial charge in [-0.1, -0.05) is 29.8 Å². The fourth-order valence-corrected chi connectivity index (χ4v) is 5.05. The van der Waals surface area contributed by atoms with Crippen LogP contribution in [0.15, 0.2) is 63.2 Å². The number of ether oxygens (including phenoxy) is 2. The largest absolute Gasteiger partial charge is 0.493 e. The normalized spacial score (nSPS) is 11.3. The summed E-state index contributed by atoms with van der Waals surface area (Å²) >= 11 is 7.31. The molecule has 168 valence electrons. The van der Waals surface area contributed by atoms with Gasteiger partial charge in [0, 0.05) is 0 Å². The molecular formula is C21H20ClN3O5S2. The molecule has 0 unspecified atom stereocenters. The molecular weight excluding hydrogens is 474 g/mol. The van der Waals surface area contributed by atoms with Crippen LogP contribution in [0.3, 0.4) is 0 Å². The van der Waals surface area contributed by atoms with Crippen molar-refractivity contribution in [3.8, 4) is 11.5 Å². The predicted octanol–water partition coefficient (Wildman–Crippen LogP) is 4.37. The van der Waals surface area contributed by atoms with E-state index in [1.165, 1.54) is 31.5 Å². The van der Waals surface area contributed by atoms with E-state index in [9.17, 15) is 13.2 Å². The van der Waals surface area contributed by atoms with Crippen molar-refractivity contribution >= 4 is 50.8 Å². The van der Waals surface area contributed by atoms with Crippen LogP contribution in [0.1, 0.15) is 22.8 Å². The number of hydrazone groups is 1. The Balaban J connectivity index is 1.76. The molecule has 0 spiro atoms. The summed E-state index contributed by atoms with van der Waals surface area (Å²) in [5.74, 6) is 0.264. The number of para-hydroxylation sites is 1. The molecule has 2 aromatic carbocycles. The lowest BCUT2D eigenvalue weighted by Gasteiger charge is -2.12. The van der Waals surface area contributed by atoms with Crippen molar-refractivity contribution in [1.82, 2.24) is 5.43 Å². The number of nitrogens with one attached hydrogen (secondary N) is 2. The molecule has 0 atom stereocenters. The zero-order valence-corrected chi connectivity index (χ0v) is 19.6. The monoisotopic (exact) mass is 493 g/mol. The summed E-state index contributed by atoms with van der Waals surface area (Å²) in [5, 5.41) is 5.94. The summed E-state index contributed by atoms with van der Waals surface area (Å²) in [4.78, 5) is 12.6. The maximum atomic E-state index is 12.6. The van der Waals surface area contributed by atoms with E-state index in [-0.39, 0.29) is 15.5 Å². The molecule has 1 heterocycles. The Labute approximate surface area is 194 Å². The van der Waals surface area contributed by atoms with Gasteiger partial charge in [-0.2, -0.15) is 5.10 Å². The van der Waals surface area contributed by atoms with Crippen LogP contribution < -0.4 is 19.6 Å². The van der Waals surface area contributed by atoms with Gasteiger partial charge in [-0.25, -0.2) is 13.8 Å².